The number of amidine groups is 1. The number of aromatic nitrogens is 1. The molecule has 2 rings (SSSR count). The molecule has 0 saturated heterocycles. The van der Waals surface area contributed by atoms with Gasteiger partial charge in [-0.3, -0.25) is 4.98 Å². The zero-order valence-corrected chi connectivity index (χ0v) is 15.9. The van der Waals surface area contributed by atoms with Crippen LogP contribution in [0.5, 0.6) is 5.75 Å². The van der Waals surface area contributed by atoms with E-state index in [1.807, 2.05) is 0 Å². The summed E-state index contributed by atoms with van der Waals surface area (Å²) in [5.74, 6) is 4.75. The molecule has 0 saturated carbocycles. The van der Waals surface area contributed by atoms with Crippen molar-refractivity contribution in [3.05, 3.63) is 59.4 Å². The molecule has 1 heterocycles. The maximum absolute atomic E-state index is 14.3. The Balaban J connectivity index is 1.97. The largest absolute Gasteiger partial charge is 0.408 e. The lowest BCUT2D eigenvalue weighted by Gasteiger charge is -2.16. The molecule has 12 heteroatoms. The number of pyridine rings is 1. The van der Waals surface area contributed by atoms with Crippen molar-refractivity contribution in [3.63, 3.8) is 0 Å². The molecule has 0 aliphatic carbocycles. The Morgan fingerprint density at radius 3 is 2.79 bits per heavy atom. The summed E-state index contributed by atoms with van der Waals surface area (Å²) in [4.78, 5) is 3.86. The Hall–Kier alpha value is -2.51. The zero-order valence-electron chi connectivity index (χ0n) is 15.0. The summed E-state index contributed by atoms with van der Waals surface area (Å²) in [6, 6.07) is 6.80. The van der Waals surface area contributed by atoms with E-state index in [1.54, 1.807) is 7.05 Å². The van der Waals surface area contributed by atoms with E-state index < -0.39 is 11.6 Å². The predicted octanol–water partition coefficient (Wildman–Crippen LogP) is 0.727. The van der Waals surface area contributed by atoms with Crippen LogP contribution in [-0.4, -0.2) is 45.7 Å². The highest BCUT2D eigenvalue weighted by Crippen LogP contribution is 2.21. The van der Waals surface area contributed by atoms with Crippen molar-refractivity contribution in [2.75, 3.05) is 20.2 Å². The molecule has 0 radical (unpaired) electrons. The number of nitrogens with two attached hydrogens (primary N) is 2. The lowest BCUT2D eigenvalue weighted by molar-refractivity contribution is 0.261. The third kappa shape index (κ3) is 6.90. The van der Waals surface area contributed by atoms with Crippen molar-refractivity contribution in [2.24, 2.45) is 16.7 Å². The third-order valence-electron chi connectivity index (χ3n) is 3.26. The van der Waals surface area contributed by atoms with Crippen molar-refractivity contribution < 1.29 is 18.1 Å². The molecule has 1 aromatic carbocycles. The monoisotopic (exact) mass is 413 g/mol. The van der Waals surface area contributed by atoms with Gasteiger partial charge in [0.15, 0.2) is 18.1 Å². The second-order valence-corrected chi connectivity index (χ2v) is 6.34. The number of hydrogen-bond donors (Lipinski definition) is 4. The molecule has 0 aliphatic heterocycles. The fraction of sp³-hybridized carbons (Fsp3) is 0.250. The van der Waals surface area contributed by atoms with Gasteiger partial charge in [-0.05, 0) is 24.3 Å². The molecule has 28 heavy (non-hydrogen) atoms. The van der Waals surface area contributed by atoms with Crippen LogP contribution in [0.15, 0.2) is 41.6 Å². The van der Waals surface area contributed by atoms with Crippen LogP contribution in [0.1, 0.15) is 11.3 Å². The van der Waals surface area contributed by atoms with E-state index >= 15 is 0 Å². The predicted molar refractivity (Wildman–Crippen MR) is 102 cm³/mol. The third-order valence-corrected chi connectivity index (χ3v) is 3.88. The highest BCUT2D eigenvalue weighted by Gasteiger charge is 2.11. The van der Waals surface area contributed by atoms with E-state index in [4.69, 9.17) is 20.9 Å². The van der Waals surface area contributed by atoms with Gasteiger partial charge in [0, 0.05) is 19.7 Å². The van der Waals surface area contributed by atoms with Gasteiger partial charge in [0.2, 0.25) is 0 Å². The smallest absolute Gasteiger partial charge is 0.161 e. The molecule has 0 atom stereocenters. The van der Waals surface area contributed by atoms with Gasteiger partial charge in [0.05, 0.1) is 30.6 Å². The summed E-state index contributed by atoms with van der Waals surface area (Å²) in [5.41, 5.74) is 9.18. The quantitative estimate of drug-likeness (QED) is 0.111. The first-order chi connectivity index (χ1) is 13.4. The lowest BCUT2D eigenvalue weighted by Crippen LogP contribution is -2.31. The van der Waals surface area contributed by atoms with Gasteiger partial charge in [-0.25, -0.2) is 25.2 Å². The molecule has 9 nitrogen and oxygen atoms in total. The van der Waals surface area contributed by atoms with Crippen LogP contribution in [0.25, 0.3) is 0 Å². The number of hydrazone groups is 1. The fourth-order valence-corrected chi connectivity index (χ4v) is 2.43. The number of nitrogens with zero attached hydrogens (tertiary/aromatic N) is 4. The second kappa shape index (κ2) is 10.7. The molecule has 6 N–H and O–H groups in total. The minimum Gasteiger partial charge on any atom is -0.408 e. The maximum Gasteiger partial charge on any atom is 0.161 e. The summed E-state index contributed by atoms with van der Waals surface area (Å²) in [7, 11) is 1.68. The normalized spacial score (nSPS) is 11.7. The minimum absolute atomic E-state index is 0.0256. The van der Waals surface area contributed by atoms with Crippen LogP contribution >= 0.6 is 12.2 Å². The number of nitrogens with one attached hydrogen (secondary N) is 1. The number of aliphatic hydroxyl groups is 1. The highest BCUT2D eigenvalue weighted by atomic mass is 32.2. The fourth-order valence-electron chi connectivity index (χ4n) is 1.98. The van der Waals surface area contributed by atoms with E-state index in [1.165, 1.54) is 28.7 Å². The number of aliphatic hydroxyl groups excluding tert-OH is 1. The average molecular weight is 413 g/mol. The van der Waals surface area contributed by atoms with Crippen LogP contribution in [0.3, 0.4) is 0 Å². The molecule has 1 aromatic heterocycles. The van der Waals surface area contributed by atoms with Crippen molar-refractivity contribution in [2.45, 2.75) is 6.54 Å². The minimum atomic E-state index is -0.640. The molecular weight excluding hydrogens is 392 g/mol. The Bertz CT molecular complexity index is 795. The summed E-state index contributed by atoms with van der Waals surface area (Å²) < 4.78 is 34.1. The van der Waals surface area contributed by atoms with Crippen LogP contribution in [0.2, 0.25) is 0 Å². The summed E-state index contributed by atoms with van der Waals surface area (Å²) in [6.45, 7) is 0.395. The van der Waals surface area contributed by atoms with E-state index in [0.29, 0.717) is 12.2 Å². The van der Waals surface area contributed by atoms with Gasteiger partial charge in [-0.15, -0.1) is 5.10 Å². The van der Waals surface area contributed by atoms with Crippen LogP contribution < -0.4 is 21.2 Å². The van der Waals surface area contributed by atoms with Gasteiger partial charge >= 0.3 is 0 Å². The number of rotatable bonds is 10. The van der Waals surface area contributed by atoms with E-state index in [0.717, 1.165) is 29.6 Å². The Labute approximate surface area is 165 Å². The van der Waals surface area contributed by atoms with Crippen LogP contribution in [0.4, 0.5) is 8.78 Å². The summed E-state index contributed by atoms with van der Waals surface area (Å²) in [6.07, 6.45) is 1.06. The van der Waals surface area contributed by atoms with Gasteiger partial charge < -0.3 is 15.0 Å². The molecule has 2 aromatic rings. The van der Waals surface area contributed by atoms with E-state index in [-0.39, 0.29) is 30.3 Å². The summed E-state index contributed by atoms with van der Waals surface area (Å²) >= 11 is 0.926. The first kappa shape index (κ1) is 21.8. The van der Waals surface area contributed by atoms with Gasteiger partial charge in [0.1, 0.15) is 17.4 Å². The van der Waals surface area contributed by atoms with Crippen molar-refractivity contribution >= 4 is 18.1 Å². The highest BCUT2D eigenvalue weighted by molar-refractivity contribution is 7.92. The molecule has 0 aliphatic rings. The molecule has 0 spiro atoms. The Morgan fingerprint density at radius 1 is 1.36 bits per heavy atom. The average Bonchev–Trinajstić information content (AvgIpc) is 2.66. The lowest BCUT2D eigenvalue weighted by atomic mass is 10.2. The molecule has 0 fully saturated rings. The van der Waals surface area contributed by atoms with E-state index in [9.17, 15) is 8.78 Å². The second-order valence-electron chi connectivity index (χ2n) is 5.48. The Morgan fingerprint density at radius 2 is 2.14 bits per heavy atom. The topological polar surface area (TPSA) is 125 Å². The number of halogens is 2. The zero-order chi connectivity index (χ0) is 20.5. The van der Waals surface area contributed by atoms with Gasteiger partial charge in [-0.2, -0.15) is 4.41 Å². The first-order valence-corrected chi connectivity index (χ1v) is 8.78. The molecule has 0 bridgehead atoms. The Kier molecular flexibility index (Phi) is 8.35. The number of hydrazine groups is 2. The van der Waals surface area contributed by atoms with Gasteiger partial charge in [0.25, 0.3) is 0 Å². The van der Waals surface area contributed by atoms with Crippen LogP contribution in [0, 0.1) is 11.6 Å². The molecule has 0 unspecified atom stereocenters. The standard InChI is InChI=1S/C16H21F2N7O2S/c1-24(22-6-7-26)28-27-13-4-5-14(15(18)8-13)16(19)23-25(20)10-12-3-2-11(17)9-21-12/h2-5,8-9,22,26H,6-7,10,20H2,1H3,(H2,19,23). The molecule has 152 valence electrons. The van der Waals surface area contributed by atoms with Crippen LogP contribution in [-0.2, 0) is 6.54 Å². The maximum atomic E-state index is 14.3. The van der Waals surface area contributed by atoms with Crippen molar-refractivity contribution in [1.29, 1.82) is 0 Å². The van der Waals surface area contributed by atoms with Crippen molar-refractivity contribution in [3.8, 4) is 5.75 Å². The molecule has 0 amide bonds. The molecular formula is C16H21F2N7O2S. The summed E-state index contributed by atoms with van der Waals surface area (Å²) in [5, 5.41) is 13.6. The first-order valence-electron chi connectivity index (χ1n) is 8.08. The van der Waals surface area contributed by atoms with Crippen molar-refractivity contribution in [1.82, 2.24) is 19.9 Å². The van der Waals surface area contributed by atoms with E-state index in [2.05, 4.69) is 15.5 Å². The number of benzene rings is 1. The number of hydrogen-bond acceptors (Lipinski definition) is 9. The SMILES string of the molecule is CN(NCCO)SOc1ccc(/C(N)=N/N(N)Cc2ccc(F)cn2)c(F)c1. The van der Waals surface area contributed by atoms with Gasteiger partial charge in [-0.1, -0.05) is 0 Å².